The highest BCUT2D eigenvalue weighted by molar-refractivity contribution is 6.00. The number of nitrogens with zero attached hydrogens (tertiary/aromatic N) is 5. The number of fused-ring (bicyclic) bond motifs is 2. The summed E-state index contributed by atoms with van der Waals surface area (Å²) >= 11 is 0. The zero-order valence-corrected chi connectivity index (χ0v) is 31.3. The smallest absolute Gasteiger partial charge is 0.267 e. The number of hydrogen-bond donors (Lipinski definition) is 3. The van der Waals surface area contributed by atoms with E-state index in [2.05, 4.69) is 62.0 Å². The number of benzene rings is 3. The van der Waals surface area contributed by atoms with E-state index in [9.17, 15) is 14.4 Å². The van der Waals surface area contributed by atoms with Crippen molar-refractivity contribution in [3.05, 3.63) is 95.8 Å². The van der Waals surface area contributed by atoms with Gasteiger partial charge in [-0.25, -0.2) is 15.0 Å². The first-order chi connectivity index (χ1) is 27.3. The highest BCUT2D eigenvalue weighted by Crippen LogP contribution is 2.36. The standard InChI is InChI=1S/C43H44N8O5/c1-26-35(23-45-42-40(26)44-16-19-55-42)30-4-5-31-22-46-43(48-36(31)21-30)47-32-8-2-27(3-9-32)20-39(53)51-24-33(25-51)50-17-14-29(15-18-50)28-6-10-34(11-7-28)56-37-12-13-38(52)49-41(37)54/h2-11,21-23,29,33,37,44H,12-20,24-25H2,1H3,(H,46,47,48)(H,49,52,54). The number of carbonyl (C=O) groups is 3. The van der Waals surface area contributed by atoms with Crippen LogP contribution in [0.15, 0.2) is 79.1 Å². The van der Waals surface area contributed by atoms with Gasteiger partial charge < -0.3 is 25.0 Å². The Hall–Kier alpha value is -6.08. The fraction of sp³-hybridized carbons (Fsp3) is 0.349. The Labute approximate surface area is 324 Å². The molecule has 0 radical (unpaired) electrons. The molecule has 0 saturated carbocycles. The number of piperidine rings is 2. The number of carbonyl (C=O) groups excluding carboxylic acids is 3. The Balaban J connectivity index is 0.737. The maximum Gasteiger partial charge on any atom is 0.267 e. The summed E-state index contributed by atoms with van der Waals surface area (Å²) in [6.07, 6.45) is 6.23. The lowest BCUT2D eigenvalue weighted by molar-refractivity contribution is -0.139. The van der Waals surface area contributed by atoms with Gasteiger partial charge in [-0.1, -0.05) is 36.4 Å². The third-order valence-electron chi connectivity index (χ3n) is 11.5. The van der Waals surface area contributed by atoms with Crippen LogP contribution in [0.3, 0.4) is 0 Å². The first-order valence-corrected chi connectivity index (χ1v) is 19.4. The Kier molecular flexibility index (Phi) is 9.68. The highest BCUT2D eigenvalue weighted by Gasteiger charge is 2.36. The third kappa shape index (κ3) is 7.46. The van der Waals surface area contributed by atoms with Crippen LogP contribution in [0.2, 0.25) is 0 Å². The molecule has 2 aromatic heterocycles. The lowest BCUT2D eigenvalue weighted by atomic mass is 9.88. The average Bonchev–Trinajstić information content (AvgIpc) is 3.20. The van der Waals surface area contributed by atoms with E-state index in [0.29, 0.717) is 55.4 Å². The van der Waals surface area contributed by atoms with Crippen molar-refractivity contribution in [3.63, 3.8) is 0 Å². The summed E-state index contributed by atoms with van der Waals surface area (Å²) in [4.78, 5) is 55.0. The Morgan fingerprint density at radius 3 is 2.55 bits per heavy atom. The molecule has 13 heteroatoms. The molecule has 3 amide bonds. The van der Waals surface area contributed by atoms with Crippen molar-refractivity contribution in [2.75, 3.05) is 50.0 Å². The summed E-state index contributed by atoms with van der Waals surface area (Å²) in [6.45, 7) is 6.98. The van der Waals surface area contributed by atoms with Crippen molar-refractivity contribution in [3.8, 4) is 22.8 Å². The van der Waals surface area contributed by atoms with E-state index in [0.717, 1.165) is 90.1 Å². The van der Waals surface area contributed by atoms with Crippen molar-refractivity contribution in [2.24, 2.45) is 0 Å². The minimum Gasteiger partial charge on any atom is -0.481 e. The number of hydrogen-bond acceptors (Lipinski definition) is 11. The fourth-order valence-corrected chi connectivity index (χ4v) is 8.14. The van der Waals surface area contributed by atoms with E-state index in [1.165, 1.54) is 5.56 Å². The Bertz CT molecular complexity index is 2290. The second kappa shape index (κ2) is 15.2. The van der Waals surface area contributed by atoms with Gasteiger partial charge in [0, 0.05) is 67.5 Å². The number of imide groups is 1. The highest BCUT2D eigenvalue weighted by atomic mass is 16.5. The summed E-state index contributed by atoms with van der Waals surface area (Å²) in [7, 11) is 0. The van der Waals surface area contributed by atoms with E-state index < -0.39 is 6.10 Å². The SMILES string of the molecule is Cc1c(-c2ccc3cnc(Nc4ccc(CC(=O)N5CC(N6CCC(c7ccc(OC8CCC(=O)NC8=O)cc7)CC6)C5)cc4)nc3c2)cnc2c1NCCO2. The monoisotopic (exact) mass is 752 g/mol. The number of anilines is 3. The topological polar surface area (TPSA) is 151 Å². The predicted octanol–water partition coefficient (Wildman–Crippen LogP) is 5.37. The molecule has 1 unspecified atom stereocenters. The van der Waals surface area contributed by atoms with Gasteiger partial charge in [-0.2, -0.15) is 0 Å². The van der Waals surface area contributed by atoms with Crippen LogP contribution >= 0.6 is 0 Å². The molecule has 6 heterocycles. The molecule has 286 valence electrons. The molecule has 0 bridgehead atoms. The molecule has 3 fully saturated rings. The van der Waals surface area contributed by atoms with Crippen LogP contribution in [-0.4, -0.2) is 93.9 Å². The van der Waals surface area contributed by atoms with E-state index in [-0.39, 0.29) is 17.7 Å². The molecule has 0 aliphatic carbocycles. The van der Waals surface area contributed by atoms with Gasteiger partial charge in [0.05, 0.1) is 11.9 Å². The average molecular weight is 753 g/mol. The van der Waals surface area contributed by atoms with Gasteiger partial charge in [0.25, 0.3) is 5.91 Å². The molecule has 9 rings (SSSR count). The summed E-state index contributed by atoms with van der Waals surface area (Å²) in [5, 5.41) is 10.0. The first-order valence-electron chi connectivity index (χ1n) is 19.4. The first kappa shape index (κ1) is 35.6. The van der Waals surface area contributed by atoms with E-state index in [4.69, 9.17) is 14.5 Å². The summed E-state index contributed by atoms with van der Waals surface area (Å²) < 4.78 is 11.5. The quantitative estimate of drug-likeness (QED) is 0.167. The van der Waals surface area contributed by atoms with Crippen molar-refractivity contribution in [2.45, 2.75) is 57.1 Å². The van der Waals surface area contributed by atoms with Gasteiger partial charge in [0.2, 0.25) is 23.6 Å². The minimum absolute atomic E-state index is 0.151. The Morgan fingerprint density at radius 2 is 1.77 bits per heavy atom. The van der Waals surface area contributed by atoms with Gasteiger partial charge in [0.1, 0.15) is 18.0 Å². The lowest BCUT2D eigenvalue weighted by Gasteiger charge is -2.47. The van der Waals surface area contributed by atoms with Crippen molar-refractivity contribution >= 4 is 45.9 Å². The zero-order chi connectivity index (χ0) is 38.2. The summed E-state index contributed by atoms with van der Waals surface area (Å²) in [5.74, 6) is 1.78. The van der Waals surface area contributed by atoms with Crippen LogP contribution in [0, 0.1) is 6.92 Å². The molecule has 1 atom stereocenters. The molecule has 4 aliphatic rings. The minimum atomic E-state index is -0.629. The van der Waals surface area contributed by atoms with Gasteiger partial charge in [-0.3, -0.25) is 24.6 Å². The molecular formula is C43H44N8O5. The maximum atomic E-state index is 13.2. The van der Waals surface area contributed by atoms with Gasteiger partial charge in [0.15, 0.2) is 6.10 Å². The number of likely N-dealkylation sites (tertiary alicyclic amines) is 2. The van der Waals surface area contributed by atoms with E-state index in [1.54, 1.807) is 0 Å². The second-order valence-electron chi connectivity index (χ2n) is 15.1. The largest absolute Gasteiger partial charge is 0.481 e. The van der Waals surface area contributed by atoms with E-state index in [1.807, 2.05) is 59.8 Å². The molecule has 4 aliphatic heterocycles. The summed E-state index contributed by atoms with van der Waals surface area (Å²) in [6, 6.07) is 22.5. The second-order valence-corrected chi connectivity index (χ2v) is 15.1. The van der Waals surface area contributed by atoms with Crippen LogP contribution < -0.4 is 25.4 Å². The van der Waals surface area contributed by atoms with Gasteiger partial charge in [-0.15, -0.1) is 0 Å². The van der Waals surface area contributed by atoms with Crippen LogP contribution in [0.4, 0.5) is 17.3 Å². The van der Waals surface area contributed by atoms with Crippen LogP contribution in [0.5, 0.6) is 11.6 Å². The molecule has 3 N–H and O–H groups in total. The molecule has 13 nitrogen and oxygen atoms in total. The van der Waals surface area contributed by atoms with Gasteiger partial charge in [-0.05, 0) is 91.4 Å². The zero-order valence-electron chi connectivity index (χ0n) is 31.3. The van der Waals surface area contributed by atoms with Crippen LogP contribution in [-0.2, 0) is 20.8 Å². The van der Waals surface area contributed by atoms with Crippen LogP contribution in [0.1, 0.15) is 48.3 Å². The van der Waals surface area contributed by atoms with Crippen molar-refractivity contribution in [1.29, 1.82) is 0 Å². The van der Waals surface area contributed by atoms with E-state index >= 15 is 0 Å². The molecule has 0 spiro atoms. The maximum absolute atomic E-state index is 13.2. The molecule has 5 aromatic rings. The molecule has 56 heavy (non-hydrogen) atoms. The summed E-state index contributed by atoms with van der Waals surface area (Å²) in [5.41, 5.74) is 7.99. The molecule has 3 saturated heterocycles. The predicted molar refractivity (Wildman–Crippen MR) is 212 cm³/mol. The fourth-order valence-electron chi connectivity index (χ4n) is 8.14. The third-order valence-corrected chi connectivity index (χ3v) is 11.5. The van der Waals surface area contributed by atoms with Gasteiger partial charge >= 0.3 is 0 Å². The number of nitrogens with one attached hydrogen (secondary N) is 3. The molecular weight excluding hydrogens is 709 g/mol. The normalized spacial score (nSPS) is 19.0. The number of rotatable bonds is 9. The van der Waals surface area contributed by atoms with Crippen molar-refractivity contribution < 1.29 is 23.9 Å². The Morgan fingerprint density at radius 1 is 0.964 bits per heavy atom. The molecule has 3 aromatic carbocycles. The number of ether oxygens (including phenoxy) is 2. The lowest BCUT2D eigenvalue weighted by Crippen LogP contribution is -2.62. The number of aromatic nitrogens is 3. The number of amides is 3. The van der Waals surface area contributed by atoms with Crippen LogP contribution in [0.25, 0.3) is 22.0 Å². The number of pyridine rings is 1. The van der Waals surface area contributed by atoms with Crippen molar-refractivity contribution in [1.82, 2.24) is 30.1 Å².